The van der Waals surface area contributed by atoms with Crippen LogP contribution in [0.15, 0.2) is 55.0 Å². The van der Waals surface area contributed by atoms with E-state index in [1.165, 1.54) is 0 Å². The molecule has 4 aliphatic rings. The first kappa shape index (κ1) is 33.8. The SMILES string of the molecule is CNc1cc(-n2ccc3cc(C#N)cnc32)ncc1-c1nnc(C2CN(CC3CCN(c4ccc5c(c4)C(=O)N(C4CCC(=O)NC4=O)C5=O)CC3)C2)s1. The molecule has 8 heterocycles. The van der Waals surface area contributed by atoms with Gasteiger partial charge in [0.15, 0.2) is 5.01 Å². The van der Waals surface area contributed by atoms with Gasteiger partial charge in [0.25, 0.3) is 11.8 Å². The molecule has 5 aromatic rings. The van der Waals surface area contributed by atoms with Crippen molar-refractivity contribution >= 4 is 57.4 Å². The third-order valence-electron chi connectivity index (χ3n) is 11.0. The number of piperidine rings is 2. The first-order chi connectivity index (χ1) is 26.3. The molecule has 54 heavy (non-hydrogen) atoms. The minimum atomic E-state index is -0.969. The second kappa shape index (κ2) is 13.4. The van der Waals surface area contributed by atoms with Gasteiger partial charge < -0.3 is 15.1 Å². The summed E-state index contributed by atoms with van der Waals surface area (Å²) in [4.78, 5) is 65.4. The fraction of sp³-hybridized carbons (Fsp3) is 0.342. The van der Waals surface area contributed by atoms with E-state index in [9.17, 15) is 24.4 Å². The summed E-state index contributed by atoms with van der Waals surface area (Å²) in [6.07, 6.45) is 7.55. The summed E-state index contributed by atoms with van der Waals surface area (Å²) < 4.78 is 1.90. The van der Waals surface area contributed by atoms with Crippen molar-refractivity contribution in [3.8, 4) is 22.5 Å². The third-order valence-corrected chi connectivity index (χ3v) is 12.1. The van der Waals surface area contributed by atoms with Gasteiger partial charge in [-0.25, -0.2) is 9.97 Å². The smallest absolute Gasteiger partial charge is 0.262 e. The normalized spacial score (nSPS) is 19.6. The Morgan fingerprint density at radius 1 is 0.944 bits per heavy atom. The molecule has 15 nitrogen and oxygen atoms in total. The Balaban J connectivity index is 0.788. The molecule has 0 radical (unpaired) electrons. The number of likely N-dealkylation sites (tertiary alicyclic amines) is 1. The Morgan fingerprint density at radius 3 is 2.54 bits per heavy atom. The maximum Gasteiger partial charge on any atom is 0.262 e. The third kappa shape index (κ3) is 5.85. The topological polar surface area (TPSA) is 182 Å². The van der Waals surface area contributed by atoms with Gasteiger partial charge in [-0.05, 0) is 55.5 Å². The van der Waals surface area contributed by atoms with Crippen LogP contribution in [-0.2, 0) is 9.59 Å². The number of imide groups is 2. The average Bonchev–Trinajstić information content (AvgIpc) is 3.89. The van der Waals surface area contributed by atoms with Crippen LogP contribution < -0.4 is 15.5 Å². The number of benzene rings is 1. The fourth-order valence-corrected chi connectivity index (χ4v) is 8.95. The summed E-state index contributed by atoms with van der Waals surface area (Å²) in [6, 6.07) is 12.2. The molecule has 0 saturated carbocycles. The van der Waals surface area contributed by atoms with E-state index in [1.54, 1.807) is 29.7 Å². The zero-order valence-corrected chi connectivity index (χ0v) is 30.2. The molecule has 4 aliphatic heterocycles. The Bertz CT molecular complexity index is 2400. The molecule has 3 fully saturated rings. The van der Waals surface area contributed by atoms with Gasteiger partial charge in [-0.1, -0.05) is 11.3 Å². The first-order valence-corrected chi connectivity index (χ1v) is 18.8. The van der Waals surface area contributed by atoms with E-state index in [1.807, 2.05) is 48.3 Å². The summed E-state index contributed by atoms with van der Waals surface area (Å²) in [6.45, 7) is 4.59. The number of pyridine rings is 2. The lowest BCUT2D eigenvalue weighted by Gasteiger charge is -2.42. The van der Waals surface area contributed by atoms with Gasteiger partial charge >= 0.3 is 0 Å². The number of nitrogens with zero attached hydrogens (tertiary/aromatic N) is 9. The number of aromatic nitrogens is 5. The number of amides is 4. The van der Waals surface area contributed by atoms with Crippen LogP contribution in [0.1, 0.15) is 62.9 Å². The van der Waals surface area contributed by atoms with Crippen LogP contribution in [0.25, 0.3) is 27.4 Å². The van der Waals surface area contributed by atoms with Gasteiger partial charge in [0.2, 0.25) is 11.8 Å². The van der Waals surface area contributed by atoms with Gasteiger partial charge in [0.05, 0.1) is 22.3 Å². The lowest BCUT2D eigenvalue weighted by Crippen LogP contribution is -2.54. The van der Waals surface area contributed by atoms with Gasteiger partial charge in [0.1, 0.15) is 28.6 Å². The standard InChI is InChI=1S/C38H35N11O4S/c1-40-29-14-31(48-11-8-23-12-22(15-39)16-42-33(23)48)41-17-28(29)36-45-44-35(54-36)24-19-46(20-24)18-21-6-9-47(10-7-21)25-2-3-26-27(13-25)38(53)49(37(26)52)30-4-5-32(50)43-34(30)51/h2-3,8,11-14,16-17,21,24,30H,4-7,9-10,18-20H2,1H3,(H,40,41)(H,43,50,51). The lowest BCUT2D eigenvalue weighted by atomic mass is 9.92. The Kier molecular flexibility index (Phi) is 8.39. The van der Waals surface area contributed by atoms with Gasteiger partial charge in [0, 0.05) is 93.5 Å². The molecule has 4 amide bonds. The number of nitriles is 1. The van der Waals surface area contributed by atoms with Crippen LogP contribution in [0.3, 0.4) is 0 Å². The number of hydrogen-bond acceptors (Lipinski definition) is 13. The molecule has 0 bridgehead atoms. The number of nitrogens with one attached hydrogen (secondary N) is 2. The molecule has 1 unspecified atom stereocenters. The molecule has 3 saturated heterocycles. The number of anilines is 2. The minimum absolute atomic E-state index is 0.0939. The highest BCUT2D eigenvalue weighted by Gasteiger charge is 2.45. The summed E-state index contributed by atoms with van der Waals surface area (Å²) in [5, 5.41) is 26.6. The van der Waals surface area contributed by atoms with E-state index in [4.69, 9.17) is 4.98 Å². The van der Waals surface area contributed by atoms with Gasteiger partial charge in [-0.2, -0.15) is 5.26 Å². The molecule has 1 aromatic carbocycles. The highest BCUT2D eigenvalue weighted by atomic mass is 32.1. The van der Waals surface area contributed by atoms with Crippen molar-refractivity contribution in [1.82, 2.24) is 39.8 Å². The predicted molar refractivity (Wildman–Crippen MR) is 199 cm³/mol. The lowest BCUT2D eigenvalue weighted by molar-refractivity contribution is -0.136. The number of hydrogen-bond donors (Lipinski definition) is 2. The van der Waals surface area contributed by atoms with Crippen molar-refractivity contribution in [2.24, 2.45) is 5.92 Å². The van der Waals surface area contributed by atoms with Gasteiger partial charge in [-0.15, -0.1) is 10.2 Å². The maximum absolute atomic E-state index is 13.3. The Morgan fingerprint density at radius 2 is 1.76 bits per heavy atom. The van der Waals surface area contributed by atoms with Crippen molar-refractivity contribution < 1.29 is 19.2 Å². The number of carbonyl (C=O) groups excluding carboxylic acids is 4. The molecule has 0 spiro atoms. The molecule has 0 aliphatic carbocycles. The quantitative estimate of drug-likeness (QED) is 0.221. The minimum Gasteiger partial charge on any atom is -0.387 e. The van der Waals surface area contributed by atoms with Gasteiger partial charge in [-0.3, -0.25) is 34.0 Å². The summed E-state index contributed by atoms with van der Waals surface area (Å²) in [7, 11) is 1.87. The molecular weight excluding hydrogens is 707 g/mol. The van der Waals surface area contributed by atoms with Crippen LogP contribution >= 0.6 is 11.3 Å². The number of rotatable bonds is 8. The van der Waals surface area contributed by atoms with Crippen LogP contribution in [0, 0.1) is 17.2 Å². The number of fused-ring (bicyclic) bond motifs is 2. The summed E-state index contributed by atoms with van der Waals surface area (Å²) in [5.41, 5.74) is 4.51. The van der Waals surface area contributed by atoms with Crippen LogP contribution in [0.4, 0.5) is 11.4 Å². The molecular formula is C38H35N11O4S. The number of carbonyl (C=O) groups is 4. The van der Waals surface area contributed by atoms with Crippen LogP contribution in [0.2, 0.25) is 0 Å². The van der Waals surface area contributed by atoms with E-state index in [0.717, 1.165) is 88.5 Å². The van der Waals surface area contributed by atoms with Crippen molar-refractivity contribution in [2.45, 2.75) is 37.6 Å². The highest BCUT2D eigenvalue weighted by Crippen LogP contribution is 2.38. The summed E-state index contributed by atoms with van der Waals surface area (Å²) >= 11 is 1.61. The van der Waals surface area contributed by atoms with Crippen LogP contribution in [-0.4, -0.2) is 104 Å². The second-order valence-corrected chi connectivity index (χ2v) is 15.2. The molecule has 9 rings (SSSR count). The second-order valence-electron chi connectivity index (χ2n) is 14.2. The first-order valence-electron chi connectivity index (χ1n) is 18.0. The maximum atomic E-state index is 13.3. The Labute approximate surface area is 313 Å². The Hall–Kier alpha value is -6.05. The van der Waals surface area contributed by atoms with Crippen molar-refractivity contribution in [3.63, 3.8) is 0 Å². The molecule has 16 heteroatoms. The molecule has 1 atom stereocenters. The summed E-state index contributed by atoms with van der Waals surface area (Å²) in [5.74, 6) is -0.369. The molecule has 4 aromatic heterocycles. The monoisotopic (exact) mass is 741 g/mol. The van der Waals surface area contributed by atoms with E-state index < -0.39 is 29.7 Å². The van der Waals surface area contributed by atoms with Crippen LogP contribution in [0.5, 0.6) is 0 Å². The van der Waals surface area contributed by atoms with Crippen molar-refractivity contribution in [3.05, 3.63) is 76.7 Å². The predicted octanol–water partition coefficient (Wildman–Crippen LogP) is 3.57. The van der Waals surface area contributed by atoms with Crippen molar-refractivity contribution in [2.75, 3.05) is 50.0 Å². The fourth-order valence-electron chi connectivity index (χ4n) is 8.00. The highest BCUT2D eigenvalue weighted by molar-refractivity contribution is 7.14. The van der Waals surface area contributed by atoms with E-state index >= 15 is 0 Å². The van der Waals surface area contributed by atoms with E-state index in [0.29, 0.717) is 34.3 Å². The largest absolute Gasteiger partial charge is 0.387 e. The molecule has 2 N–H and O–H groups in total. The molecule has 272 valence electrons. The average molecular weight is 742 g/mol. The van der Waals surface area contributed by atoms with E-state index in [-0.39, 0.29) is 12.8 Å². The van der Waals surface area contributed by atoms with Crippen molar-refractivity contribution in [1.29, 1.82) is 5.26 Å². The zero-order valence-electron chi connectivity index (χ0n) is 29.4. The van der Waals surface area contributed by atoms with E-state index in [2.05, 4.69) is 41.7 Å². The zero-order chi connectivity index (χ0) is 37.1.